The number of nitrogens with one attached hydrogen (secondary N) is 1. The Morgan fingerprint density at radius 1 is 1.06 bits per heavy atom. The Bertz CT molecular complexity index is 1210. The molecule has 0 spiro atoms. The van der Waals surface area contributed by atoms with Crippen LogP contribution in [-0.2, 0) is 6.42 Å². The molecule has 2 aliphatic rings. The molecule has 5 rings (SSSR count). The van der Waals surface area contributed by atoms with Crippen LogP contribution < -0.4 is 5.32 Å². The van der Waals surface area contributed by atoms with Gasteiger partial charge in [0, 0.05) is 61.8 Å². The zero-order chi connectivity index (χ0) is 24.2. The fourth-order valence-electron chi connectivity index (χ4n) is 4.84. The van der Waals surface area contributed by atoms with Crippen molar-refractivity contribution in [3.8, 4) is 22.5 Å². The van der Waals surface area contributed by atoms with E-state index in [1.165, 1.54) is 0 Å². The Morgan fingerprint density at radius 3 is 2.63 bits per heavy atom. The summed E-state index contributed by atoms with van der Waals surface area (Å²) in [6, 6.07) is 11.6. The molecule has 0 radical (unpaired) electrons. The lowest BCUT2D eigenvalue weighted by atomic mass is 9.99. The average Bonchev–Trinajstić information content (AvgIpc) is 3.52. The van der Waals surface area contributed by atoms with Crippen LogP contribution in [0.1, 0.15) is 34.5 Å². The number of aryl methyl sites for hydroxylation is 1. The highest BCUT2D eigenvalue weighted by Gasteiger charge is 2.23. The number of likely N-dealkylation sites (N-methyl/N-ethyl adjacent to an activating group) is 1. The third kappa shape index (κ3) is 5.13. The Labute approximate surface area is 205 Å². The fraction of sp³-hybridized carbons (Fsp3) is 0.370. The van der Waals surface area contributed by atoms with Gasteiger partial charge in [-0.3, -0.25) is 9.78 Å². The molecule has 2 N–H and O–H groups in total. The number of fused-ring (bicyclic) bond motifs is 1. The monoisotopic (exact) mass is 473 g/mol. The number of nitrogens with zero attached hydrogens (tertiary/aromatic N) is 4. The van der Waals surface area contributed by atoms with Crippen LogP contribution in [0.2, 0.25) is 0 Å². The number of oxime groups is 1. The van der Waals surface area contributed by atoms with Gasteiger partial charge < -0.3 is 24.7 Å². The second-order valence-electron chi connectivity index (χ2n) is 9.26. The SMILES string of the molecule is CN1CCN(CCCNC(=O)c2cc(-c3ccncc3)c(-c3ccc4c(c3)CCC4=NO)o2)CC1. The molecule has 1 aliphatic carbocycles. The van der Waals surface area contributed by atoms with Crippen molar-refractivity contribution in [3.63, 3.8) is 0 Å². The van der Waals surface area contributed by atoms with Crippen LogP contribution >= 0.6 is 0 Å². The lowest BCUT2D eigenvalue weighted by Gasteiger charge is -2.32. The Morgan fingerprint density at radius 2 is 1.86 bits per heavy atom. The smallest absolute Gasteiger partial charge is 0.287 e. The zero-order valence-corrected chi connectivity index (χ0v) is 20.0. The second kappa shape index (κ2) is 10.4. The Hall–Kier alpha value is -3.49. The first-order valence-corrected chi connectivity index (χ1v) is 12.2. The van der Waals surface area contributed by atoms with Gasteiger partial charge in [-0.15, -0.1) is 0 Å². The summed E-state index contributed by atoms with van der Waals surface area (Å²) >= 11 is 0. The summed E-state index contributed by atoms with van der Waals surface area (Å²) in [4.78, 5) is 21.9. The van der Waals surface area contributed by atoms with Crippen LogP contribution in [-0.4, -0.2) is 77.9 Å². The summed E-state index contributed by atoms with van der Waals surface area (Å²) in [6.07, 6.45) is 5.90. The van der Waals surface area contributed by atoms with Gasteiger partial charge in [0.1, 0.15) is 5.76 Å². The standard InChI is InChI=1S/C27H31N5O3/c1-31-13-15-32(16-14-31)12-2-9-29-27(33)25-18-23(19-7-10-28-11-8-19)26(35-25)21-3-5-22-20(17-21)4-6-24(22)30-34/h3,5,7-8,10-11,17-18,34H,2,4,6,9,12-16H2,1H3,(H,29,33). The molecule has 35 heavy (non-hydrogen) atoms. The van der Waals surface area contributed by atoms with Gasteiger partial charge in [-0.2, -0.15) is 0 Å². The third-order valence-electron chi connectivity index (χ3n) is 6.91. The van der Waals surface area contributed by atoms with E-state index in [4.69, 9.17) is 4.42 Å². The van der Waals surface area contributed by atoms with Crippen molar-refractivity contribution in [3.05, 3.63) is 65.7 Å². The van der Waals surface area contributed by atoms with E-state index in [1.807, 2.05) is 30.3 Å². The van der Waals surface area contributed by atoms with Crippen LogP contribution in [0.15, 0.2) is 58.4 Å². The van der Waals surface area contributed by atoms with E-state index in [0.29, 0.717) is 30.2 Å². The summed E-state index contributed by atoms with van der Waals surface area (Å²) in [5, 5.41) is 15.7. The van der Waals surface area contributed by atoms with Gasteiger partial charge in [0.2, 0.25) is 0 Å². The highest BCUT2D eigenvalue weighted by atomic mass is 16.4. The van der Waals surface area contributed by atoms with E-state index in [0.717, 1.165) is 73.4 Å². The molecule has 0 saturated carbocycles. The molecule has 1 fully saturated rings. The van der Waals surface area contributed by atoms with Crippen molar-refractivity contribution >= 4 is 11.6 Å². The van der Waals surface area contributed by atoms with E-state index in [-0.39, 0.29) is 5.91 Å². The van der Waals surface area contributed by atoms with Gasteiger partial charge in [-0.25, -0.2) is 0 Å². The van der Waals surface area contributed by atoms with Crippen LogP contribution in [0.25, 0.3) is 22.5 Å². The van der Waals surface area contributed by atoms with E-state index in [9.17, 15) is 10.0 Å². The molecule has 8 heteroatoms. The molecule has 3 aromatic rings. The highest BCUT2D eigenvalue weighted by molar-refractivity contribution is 6.04. The quantitative estimate of drug-likeness (QED) is 0.310. The van der Waals surface area contributed by atoms with Gasteiger partial charge in [0.25, 0.3) is 5.91 Å². The van der Waals surface area contributed by atoms with Crippen molar-refractivity contribution in [2.75, 3.05) is 46.3 Å². The maximum Gasteiger partial charge on any atom is 0.287 e. The summed E-state index contributed by atoms with van der Waals surface area (Å²) in [5.74, 6) is 0.737. The van der Waals surface area contributed by atoms with Crippen molar-refractivity contribution in [2.24, 2.45) is 5.16 Å². The van der Waals surface area contributed by atoms with Crippen molar-refractivity contribution in [1.29, 1.82) is 0 Å². The molecule has 0 atom stereocenters. The minimum Gasteiger partial charge on any atom is -0.450 e. The van der Waals surface area contributed by atoms with Crippen LogP contribution in [0.3, 0.4) is 0 Å². The van der Waals surface area contributed by atoms with E-state index in [1.54, 1.807) is 12.4 Å². The summed E-state index contributed by atoms with van der Waals surface area (Å²) in [5.41, 5.74) is 5.46. The second-order valence-corrected chi connectivity index (χ2v) is 9.26. The first kappa shape index (κ1) is 23.3. The molecule has 0 bridgehead atoms. The van der Waals surface area contributed by atoms with Gasteiger partial charge in [-0.05, 0) is 68.2 Å². The van der Waals surface area contributed by atoms with E-state index < -0.39 is 0 Å². The number of pyridine rings is 1. The predicted molar refractivity (Wildman–Crippen MR) is 135 cm³/mol. The molecule has 1 amide bonds. The molecular weight excluding hydrogens is 442 g/mol. The molecule has 3 heterocycles. The van der Waals surface area contributed by atoms with Crippen molar-refractivity contribution in [1.82, 2.24) is 20.1 Å². The number of hydrogen-bond acceptors (Lipinski definition) is 7. The lowest BCUT2D eigenvalue weighted by molar-refractivity contribution is 0.0922. The number of hydrogen-bond donors (Lipinski definition) is 2. The van der Waals surface area contributed by atoms with Gasteiger partial charge in [0.05, 0.1) is 5.71 Å². The van der Waals surface area contributed by atoms with Gasteiger partial charge in [0.15, 0.2) is 5.76 Å². The van der Waals surface area contributed by atoms with Crippen molar-refractivity contribution < 1.29 is 14.4 Å². The number of piperazine rings is 1. The number of rotatable bonds is 7. The number of furan rings is 1. The minimum absolute atomic E-state index is 0.208. The summed E-state index contributed by atoms with van der Waals surface area (Å²) < 4.78 is 6.16. The first-order valence-electron chi connectivity index (χ1n) is 12.2. The molecule has 0 unspecified atom stereocenters. The zero-order valence-electron chi connectivity index (χ0n) is 20.0. The molecule has 8 nitrogen and oxygen atoms in total. The molecule has 1 saturated heterocycles. The van der Waals surface area contributed by atoms with Crippen LogP contribution in [0, 0.1) is 0 Å². The molecule has 1 aliphatic heterocycles. The predicted octanol–water partition coefficient (Wildman–Crippen LogP) is 3.50. The van der Waals surface area contributed by atoms with Crippen LogP contribution in [0.4, 0.5) is 0 Å². The first-order chi connectivity index (χ1) is 17.1. The van der Waals surface area contributed by atoms with Crippen molar-refractivity contribution in [2.45, 2.75) is 19.3 Å². The van der Waals surface area contributed by atoms with E-state index >= 15 is 0 Å². The van der Waals surface area contributed by atoms with Crippen LogP contribution in [0.5, 0.6) is 0 Å². The molecule has 182 valence electrons. The third-order valence-corrected chi connectivity index (χ3v) is 6.91. The molecule has 1 aromatic carbocycles. The minimum atomic E-state index is -0.208. The summed E-state index contributed by atoms with van der Waals surface area (Å²) in [6.45, 7) is 5.93. The summed E-state index contributed by atoms with van der Waals surface area (Å²) in [7, 11) is 2.15. The number of benzene rings is 1. The maximum atomic E-state index is 13.0. The number of amides is 1. The number of carbonyl (C=O) groups is 1. The highest BCUT2D eigenvalue weighted by Crippen LogP contribution is 2.37. The number of carbonyl (C=O) groups excluding carboxylic acids is 1. The Kier molecular flexibility index (Phi) is 6.92. The Balaban J connectivity index is 1.32. The molecule has 2 aromatic heterocycles. The average molecular weight is 474 g/mol. The van der Waals surface area contributed by atoms with Gasteiger partial charge >= 0.3 is 0 Å². The topological polar surface area (TPSA) is 94.2 Å². The largest absolute Gasteiger partial charge is 0.450 e. The van der Waals surface area contributed by atoms with E-state index in [2.05, 4.69) is 38.4 Å². The maximum absolute atomic E-state index is 13.0. The fourth-order valence-corrected chi connectivity index (χ4v) is 4.84. The number of aromatic nitrogens is 1. The normalized spacial score (nSPS) is 17.6. The van der Waals surface area contributed by atoms with Gasteiger partial charge in [-0.1, -0.05) is 17.3 Å². The lowest BCUT2D eigenvalue weighted by Crippen LogP contribution is -2.45. The molecular formula is C27H31N5O3.